The highest BCUT2D eigenvalue weighted by Gasteiger charge is 2.29. The molecule has 0 saturated carbocycles. The van der Waals surface area contributed by atoms with Gasteiger partial charge in [0, 0.05) is 23.3 Å². The third-order valence-electron chi connectivity index (χ3n) is 6.17. The number of quaternary nitrogens is 1. The molecule has 1 atom stereocenters. The Morgan fingerprint density at radius 3 is 1.71 bits per heavy atom. The molecule has 8 nitrogen and oxygen atoms in total. The molecule has 0 aliphatic rings. The Kier molecular flexibility index (Phi) is 8.85. The molecule has 0 amide bonds. The molecule has 38 heavy (non-hydrogen) atoms. The van der Waals surface area contributed by atoms with Gasteiger partial charge >= 0.3 is 0 Å². The molecule has 0 radical (unpaired) electrons. The van der Waals surface area contributed by atoms with Gasteiger partial charge in [0.15, 0.2) is 0 Å². The van der Waals surface area contributed by atoms with Crippen molar-refractivity contribution in [2.75, 3.05) is 17.4 Å². The van der Waals surface area contributed by atoms with Crippen molar-refractivity contribution in [1.29, 1.82) is 0 Å². The fraction of sp³-hybridized carbons (Fsp3) is 0.172. The van der Waals surface area contributed by atoms with E-state index in [1.807, 2.05) is 60.7 Å². The molecule has 0 heterocycles. The molecular formula is C29H30N3O5S+. The largest absolute Gasteiger partial charge is 0.385 e. The lowest BCUT2D eigenvalue weighted by Crippen LogP contribution is -3.10. The second-order valence-corrected chi connectivity index (χ2v) is 10.9. The van der Waals surface area contributed by atoms with E-state index in [4.69, 9.17) is 0 Å². The lowest BCUT2D eigenvalue weighted by molar-refractivity contribution is -0.930. The molecule has 0 aromatic heterocycles. The van der Waals surface area contributed by atoms with Gasteiger partial charge in [0.05, 0.1) is 22.1 Å². The SMILES string of the molecule is O=[N+]([O-])c1ccc(S(=O)(=O)N(C[C@@H](O)C[NH+](Cc2ccccc2)Cc2ccccc2)c2ccccc2)cc1. The maximum absolute atomic E-state index is 13.7. The Bertz CT molecular complexity index is 1380. The van der Waals surface area contributed by atoms with Crippen LogP contribution in [0.25, 0.3) is 0 Å². The number of para-hydroxylation sites is 1. The summed E-state index contributed by atoms with van der Waals surface area (Å²) < 4.78 is 28.5. The zero-order valence-corrected chi connectivity index (χ0v) is 21.6. The van der Waals surface area contributed by atoms with Crippen LogP contribution in [-0.2, 0) is 23.1 Å². The second-order valence-electron chi connectivity index (χ2n) is 9.06. The number of aliphatic hydroxyl groups excluding tert-OH is 1. The number of hydrogen-bond donors (Lipinski definition) is 2. The number of nitrogens with zero attached hydrogens (tertiary/aromatic N) is 2. The van der Waals surface area contributed by atoms with Gasteiger partial charge in [-0.2, -0.15) is 0 Å². The number of nitrogens with one attached hydrogen (secondary N) is 1. The summed E-state index contributed by atoms with van der Waals surface area (Å²) in [5.74, 6) is 0. The first kappa shape index (κ1) is 27.0. The Labute approximate surface area is 222 Å². The number of aliphatic hydroxyl groups is 1. The fourth-order valence-electron chi connectivity index (χ4n) is 4.37. The average molecular weight is 533 g/mol. The van der Waals surface area contributed by atoms with Gasteiger partial charge in [-0.1, -0.05) is 78.9 Å². The zero-order valence-electron chi connectivity index (χ0n) is 20.8. The van der Waals surface area contributed by atoms with Crippen molar-refractivity contribution in [2.24, 2.45) is 0 Å². The predicted molar refractivity (Wildman–Crippen MR) is 146 cm³/mol. The van der Waals surface area contributed by atoms with E-state index in [0.29, 0.717) is 25.3 Å². The van der Waals surface area contributed by atoms with Crippen LogP contribution in [0.15, 0.2) is 120 Å². The van der Waals surface area contributed by atoms with Crippen LogP contribution < -0.4 is 9.21 Å². The van der Waals surface area contributed by atoms with E-state index in [1.54, 1.807) is 30.3 Å². The molecule has 4 rings (SSSR count). The van der Waals surface area contributed by atoms with Crippen molar-refractivity contribution in [3.05, 3.63) is 137 Å². The number of rotatable bonds is 12. The number of non-ortho nitro benzene ring substituents is 1. The van der Waals surface area contributed by atoms with Gasteiger partial charge < -0.3 is 10.0 Å². The predicted octanol–water partition coefficient (Wildman–Crippen LogP) is 3.44. The first-order valence-corrected chi connectivity index (χ1v) is 13.7. The smallest absolute Gasteiger partial charge is 0.269 e. The number of nitro benzene ring substituents is 1. The summed E-state index contributed by atoms with van der Waals surface area (Å²) in [5.41, 5.74) is 2.43. The second kappa shape index (κ2) is 12.5. The lowest BCUT2D eigenvalue weighted by atomic mass is 10.1. The van der Waals surface area contributed by atoms with Gasteiger partial charge in [-0.05, 0) is 24.3 Å². The first-order valence-electron chi connectivity index (χ1n) is 12.2. The molecule has 2 N–H and O–H groups in total. The van der Waals surface area contributed by atoms with Crippen molar-refractivity contribution in [3.63, 3.8) is 0 Å². The Morgan fingerprint density at radius 1 is 0.763 bits per heavy atom. The van der Waals surface area contributed by atoms with Crippen LogP contribution in [-0.4, -0.2) is 37.6 Å². The molecule has 9 heteroatoms. The quantitative estimate of drug-likeness (QED) is 0.215. The normalized spacial score (nSPS) is 12.3. The van der Waals surface area contributed by atoms with Crippen LogP contribution in [0.3, 0.4) is 0 Å². The summed E-state index contributed by atoms with van der Waals surface area (Å²) in [5, 5.41) is 22.3. The van der Waals surface area contributed by atoms with E-state index < -0.39 is 21.1 Å². The summed E-state index contributed by atoms with van der Waals surface area (Å²) in [6.07, 6.45) is -0.981. The van der Waals surface area contributed by atoms with Crippen LogP contribution in [0.1, 0.15) is 11.1 Å². The van der Waals surface area contributed by atoms with Crippen molar-refractivity contribution < 1.29 is 23.3 Å². The highest BCUT2D eigenvalue weighted by Crippen LogP contribution is 2.25. The monoisotopic (exact) mass is 532 g/mol. The number of sulfonamides is 1. The van der Waals surface area contributed by atoms with Gasteiger partial charge in [-0.25, -0.2) is 8.42 Å². The molecule has 0 spiro atoms. The van der Waals surface area contributed by atoms with Gasteiger partial charge in [0.2, 0.25) is 0 Å². The van der Waals surface area contributed by atoms with Crippen LogP contribution in [0.4, 0.5) is 11.4 Å². The van der Waals surface area contributed by atoms with E-state index in [2.05, 4.69) is 0 Å². The molecule has 196 valence electrons. The van der Waals surface area contributed by atoms with E-state index in [-0.39, 0.29) is 17.1 Å². The minimum Gasteiger partial charge on any atom is -0.385 e. The summed E-state index contributed by atoms with van der Waals surface area (Å²) in [7, 11) is -4.10. The van der Waals surface area contributed by atoms with Crippen LogP contribution in [0, 0.1) is 10.1 Å². The summed E-state index contributed by atoms with van der Waals surface area (Å²) >= 11 is 0. The standard InChI is InChI=1S/C29H29N3O5S/c33-28(22-30(20-24-10-4-1-5-11-24)21-25-12-6-2-7-13-25)23-31(26-14-8-3-9-15-26)38(36,37)29-18-16-27(17-19-29)32(34)35/h1-19,28,33H,20-23H2/p+1/t28-/m0/s1. The van der Waals surface area contributed by atoms with Crippen LogP contribution >= 0.6 is 0 Å². The average Bonchev–Trinajstić information content (AvgIpc) is 2.93. The number of benzene rings is 4. The molecule has 0 aliphatic carbocycles. The van der Waals surface area contributed by atoms with Crippen LogP contribution in [0.5, 0.6) is 0 Å². The maximum atomic E-state index is 13.7. The molecule has 0 saturated heterocycles. The first-order chi connectivity index (χ1) is 18.3. The van der Waals surface area contributed by atoms with E-state index in [1.165, 1.54) is 16.4 Å². The number of anilines is 1. The van der Waals surface area contributed by atoms with Crippen molar-refractivity contribution >= 4 is 21.4 Å². The van der Waals surface area contributed by atoms with Crippen molar-refractivity contribution in [3.8, 4) is 0 Å². The topological polar surface area (TPSA) is 105 Å². The van der Waals surface area contributed by atoms with E-state index in [0.717, 1.165) is 28.2 Å². The van der Waals surface area contributed by atoms with Gasteiger partial charge in [0.25, 0.3) is 15.7 Å². The Balaban J connectivity index is 1.58. The maximum Gasteiger partial charge on any atom is 0.269 e. The Hall–Kier alpha value is -4.05. The third kappa shape index (κ3) is 7.04. The molecule has 0 fully saturated rings. The summed E-state index contributed by atoms with van der Waals surface area (Å²) in [4.78, 5) is 11.5. The fourth-order valence-corrected chi connectivity index (χ4v) is 5.87. The Morgan fingerprint density at radius 2 is 1.24 bits per heavy atom. The minimum atomic E-state index is -4.10. The highest BCUT2D eigenvalue weighted by molar-refractivity contribution is 7.92. The highest BCUT2D eigenvalue weighted by atomic mass is 32.2. The molecule has 0 unspecified atom stereocenters. The van der Waals surface area contributed by atoms with Gasteiger partial charge in [-0.15, -0.1) is 0 Å². The van der Waals surface area contributed by atoms with Crippen molar-refractivity contribution in [2.45, 2.75) is 24.1 Å². The van der Waals surface area contributed by atoms with Gasteiger partial charge in [-0.3, -0.25) is 14.4 Å². The van der Waals surface area contributed by atoms with Gasteiger partial charge in [0.1, 0.15) is 25.7 Å². The summed E-state index contributed by atoms with van der Waals surface area (Å²) in [6.45, 7) is 1.46. The number of nitro groups is 1. The molecule has 0 bridgehead atoms. The molecular weight excluding hydrogens is 502 g/mol. The lowest BCUT2D eigenvalue weighted by Gasteiger charge is -2.29. The molecule has 4 aromatic rings. The summed E-state index contributed by atoms with van der Waals surface area (Å²) in [6, 6.07) is 33.3. The van der Waals surface area contributed by atoms with E-state index >= 15 is 0 Å². The molecule has 0 aliphatic heterocycles. The third-order valence-corrected chi connectivity index (χ3v) is 7.98. The molecule has 4 aromatic carbocycles. The van der Waals surface area contributed by atoms with Crippen molar-refractivity contribution in [1.82, 2.24) is 0 Å². The number of hydrogen-bond acceptors (Lipinski definition) is 5. The van der Waals surface area contributed by atoms with Crippen LogP contribution in [0.2, 0.25) is 0 Å². The zero-order chi connectivity index (χ0) is 27.0. The van der Waals surface area contributed by atoms with E-state index in [9.17, 15) is 23.6 Å². The minimum absolute atomic E-state index is 0.0862.